The molecule has 1 saturated heterocycles. The number of aromatic nitrogens is 2. The summed E-state index contributed by atoms with van der Waals surface area (Å²) in [5.41, 5.74) is 3.30. The van der Waals surface area contributed by atoms with Gasteiger partial charge < -0.3 is 37.9 Å². The molecule has 0 bridgehead atoms. The van der Waals surface area contributed by atoms with Crippen LogP contribution in [0.2, 0.25) is 0 Å². The average Bonchev–Trinajstić information content (AvgIpc) is 3.21. The Balaban J connectivity index is 1.08. The van der Waals surface area contributed by atoms with Crippen molar-refractivity contribution in [2.45, 2.75) is 25.4 Å². The summed E-state index contributed by atoms with van der Waals surface area (Å²) in [6, 6.07) is 20.3. The number of hydrogen-bond donors (Lipinski definition) is 0. The Morgan fingerprint density at radius 3 is 1.35 bits per heavy atom. The monoisotopic (exact) mass is 738 g/mol. The van der Waals surface area contributed by atoms with E-state index in [0.717, 1.165) is 23.3 Å². The van der Waals surface area contributed by atoms with Crippen molar-refractivity contribution in [2.75, 3.05) is 39.6 Å². The predicted molar refractivity (Wildman–Crippen MR) is 192 cm³/mol. The molecule has 2 aromatic carbocycles. The van der Waals surface area contributed by atoms with E-state index in [1.54, 1.807) is 85.2 Å². The van der Waals surface area contributed by atoms with E-state index in [2.05, 4.69) is 23.1 Å². The largest absolute Gasteiger partial charge is 0.492 e. The summed E-state index contributed by atoms with van der Waals surface area (Å²) in [7, 11) is 0. The molecule has 1 fully saturated rings. The van der Waals surface area contributed by atoms with Crippen molar-refractivity contribution in [2.24, 2.45) is 0 Å². The molecule has 14 heteroatoms. The van der Waals surface area contributed by atoms with Crippen LogP contribution in [-0.2, 0) is 38.0 Å². The summed E-state index contributed by atoms with van der Waals surface area (Å²) >= 11 is 0. The van der Waals surface area contributed by atoms with E-state index in [9.17, 15) is 19.2 Å². The number of carbonyl (C=O) groups excluding carboxylic acids is 4. The second-order valence-corrected chi connectivity index (χ2v) is 11.3. The third-order valence-electron chi connectivity index (χ3n) is 7.56. The highest BCUT2D eigenvalue weighted by Crippen LogP contribution is 2.24. The zero-order valence-electron chi connectivity index (χ0n) is 29.3. The lowest BCUT2D eigenvalue weighted by Gasteiger charge is -2.30. The number of rotatable bonds is 18. The Morgan fingerprint density at radius 2 is 1.00 bits per heavy atom. The lowest BCUT2D eigenvalue weighted by Crippen LogP contribution is -2.44. The molecule has 280 valence electrons. The summed E-state index contributed by atoms with van der Waals surface area (Å²) in [4.78, 5) is 57.0. The Labute approximate surface area is 311 Å². The van der Waals surface area contributed by atoms with Crippen LogP contribution in [0.4, 0.5) is 0 Å². The maximum absolute atomic E-state index is 13.0. The minimum Gasteiger partial charge on any atom is -0.492 e. The van der Waals surface area contributed by atoms with E-state index in [4.69, 9.17) is 37.9 Å². The summed E-state index contributed by atoms with van der Waals surface area (Å²) < 4.78 is 43.3. The van der Waals surface area contributed by atoms with E-state index in [0.29, 0.717) is 48.9 Å². The zero-order valence-corrected chi connectivity index (χ0v) is 29.3. The van der Waals surface area contributed by atoms with Crippen LogP contribution in [0.3, 0.4) is 0 Å². The number of carbonyl (C=O) groups is 4. The minimum atomic E-state index is -1.29. The Hall–Kier alpha value is -6.38. The first-order valence-corrected chi connectivity index (χ1v) is 16.9. The maximum atomic E-state index is 13.0. The van der Waals surface area contributed by atoms with Crippen molar-refractivity contribution in [3.05, 3.63) is 122 Å². The van der Waals surface area contributed by atoms with Gasteiger partial charge in [-0.1, -0.05) is 37.4 Å². The Morgan fingerprint density at radius 1 is 0.593 bits per heavy atom. The van der Waals surface area contributed by atoms with Gasteiger partial charge in [0.2, 0.25) is 0 Å². The molecule has 0 N–H and O–H groups in total. The van der Waals surface area contributed by atoms with Crippen LogP contribution in [0.25, 0.3) is 22.5 Å². The molecule has 54 heavy (non-hydrogen) atoms. The van der Waals surface area contributed by atoms with Crippen molar-refractivity contribution in [3.63, 3.8) is 0 Å². The van der Waals surface area contributed by atoms with Gasteiger partial charge in [-0.05, 0) is 48.5 Å². The number of pyridine rings is 2. The van der Waals surface area contributed by atoms with E-state index in [1.165, 1.54) is 0 Å². The van der Waals surface area contributed by atoms with E-state index < -0.39 is 36.5 Å². The number of hydrogen-bond acceptors (Lipinski definition) is 14. The smallest absolute Gasteiger partial charge is 0.340 e. The van der Waals surface area contributed by atoms with Crippen LogP contribution >= 0.6 is 0 Å². The molecule has 0 amide bonds. The summed E-state index contributed by atoms with van der Waals surface area (Å²) in [5.74, 6) is -1.24. The fourth-order valence-electron chi connectivity index (χ4n) is 4.80. The number of esters is 4. The van der Waals surface area contributed by atoms with Gasteiger partial charge in [0.15, 0.2) is 0 Å². The normalized spacial score (nSPS) is 14.9. The highest BCUT2D eigenvalue weighted by molar-refractivity contribution is 5.91. The van der Waals surface area contributed by atoms with Crippen molar-refractivity contribution in [1.29, 1.82) is 0 Å². The summed E-state index contributed by atoms with van der Waals surface area (Å²) in [6.45, 7) is 8.10. The van der Waals surface area contributed by atoms with Crippen LogP contribution in [0, 0.1) is 0 Å². The van der Waals surface area contributed by atoms with Crippen molar-refractivity contribution >= 4 is 23.9 Å². The molecule has 2 atom stereocenters. The molecule has 0 unspecified atom stereocenters. The average molecular weight is 739 g/mol. The van der Waals surface area contributed by atoms with E-state index >= 15 is 0 Å². The fraction of sp³-hybridized carbons (Fsp3) is 0.250. The molecule has 1 aliphatic rings. The van der Waals surface area contributed by atoms with Gasteiger partial charge in [0.05, 0.1) is 74.5 Å². The second-order valence-electron chi connectivity index (χ2n) is 11.3. The van der Waals surface area contributed by atoms with Gasteiger partial charge >= 0.3 is 23.9 Å². The van der Waals surface area contributed by atoms with Gasteiger partial charge in [0, 0.05) is 36.1 Å². The molecule has 5 rings (SSSR count). The molecule has 4 aromatic rings. The third-order valence-corrected chi connectivity index (χ3v) is 7.56. The number of ether oxygens (including phenoxy) is 8. The Bertz CT molecular complexity index is 1740. The predicted octanol–water partition coefficient (Wildman–Crippen LogP) is 5.52. The lowest BCUT2D eigenvalue weighted by atomic mass is 10.1. The zero-order chi connectivity index (χ0) is 38.1. The van der Waals surface area contributed by atoms with E-state index in [-0.39, 0.29) is 37.6 Å². The van der Waals surface area contributed by atoms with Crippen LogP contribution in [-0.4, -0.2) is 86.1 Å². The van der Waals surface area contributed by atoms with Gasteiger partial charge in [-0.15, -0.1) is 0 Å². The molecule has 2 aromatic heterocycles. The van der Waals surface area contributed by atoms with E-state index in [1.807, 2.05) is 0 Å². The third kappa shape index (κ3) is 11.6. The summed E-state index contributed by atoms with van der Waals surface area (Å²) in [6.07, 6.45) is 3.83. The molecular formula is C40H38N2O12. The fourth-order valence-corrected chi connectivity index (χ4v) is 4.80. The van der Waals surface area contributed by atoms with Crippen molar-refractivity contribution in [1.82, 2.24) is 9.97 Å². The van der Waals surface area contributed by atoms with Crippen LogP contribution in [0.15, 0.2) is 111 Å². The topological polar surface area (TPSA) is 168 Å². The number of benzene rings is 2. The summed E-state index contributed by atoms with van der Waals surface area (Å²) in [5, 5.41) is 0. The second kappa shape index (κ2) is 20.0. The van der Waals surface area contributed by atoms with Gasteiger partial charge in [-0.2, -0.15) is 0 Å². The molecule has 1 aliphatic heterocycles. The lowest BCUT2D eigenvalue weighted by molar-refractivity contribution is -0.288. The SMILES string of the molecule is C=CC(=O)OCCCOc1ccc(-c2ccc(C(=O)O[C@@H]3OCCO[C@H]3OC(=O)c3ccc(-c4ccc(OCCCOC(=O)C=C)cn4)cc3)cc2)nc1. The van der Waals surface area contributed by atoms with Crippen LogP contribution in [0.1, 0.15) is 33.6 Å². The standard InChI is InChI=1S/C40H38N2O12/c1-3-35(43)49-21-5-19-47-31-15-17-33(41-25-31)27-7-11-29(12-8-27)37(45)53-39-40(52-24-23-51-39)54-38(46)30-13-9-28(10-14-30)34-18-16-32(26-42-34)48-20-6-22-50-36(44)4-2/h3-4,7-18,25-26,39-40H,1-2,5-6,19-24H2/t39-,40-/m0/s1. The van der Waals surface area contributed by atoms with Gasteiger partial charge in [-0.25, -0.2) is 19.2 Å². The first-order valence-electron chi connectivity index (χ1n) is 16.9. The first-order chi connectivity index (χ1) is 26.3. The molecule has 3 heterocycles. The molecule has 14 nitrogen and oxygen atoms in total. The first kappa shape index (κ1) is 38.8. The highest BCUT2D eigenvalue weighted by atomic mass is 16.8. The van der Waals surface area contributed by atoms with Gasteiger partial charge in [0.25, 0.3) is 12.6 Å². The molecular weight excluding hydrogens is 700 g/mol. The Kier molecular flexibility index (Phi) is 14.4. The highest BCUT2D eigenvalue weighted by Gasteiger charge is 2.34. The van der Waals surface area contributed by atoms with Crippen LogP contribution in [0.5, 0.6) is 11.5 Å². The number of nitrogens with zero attached hydrogens (tertiary/aromatic N) is 2. The minimum absolute atomic E-state index is 0.135. The van der Waals surface area contributed by atoms with Crippen molar-refractivity contribution in [3.8, 4) is 34.0 Å². The van der Waals surface area contributed by atoms with Crippen LogP contribution < -0.4 is 9.47 Å². The molecule has 0 radical (unpaired) electrons. The molecule has 0 aliphatic carbocycles. The maximum Gasteiger partial charge on any atom is 0.340 e. The quantitative estimate of drug-likeness (QED) is 0.0542. The van der Waals surface area contributed by atoms with Gasteiger partial charge in [-0.3, -0.25) is 9.97 Å². The molecule has 0 spiro atoms. The van der Waals surface area contributed by atoms with Crippen molar-refractivity contribution < 1.29 is 57.1 Å². The molecule has 0 saturated carbocycles. The van der Waals surface area contributed by atoms with Gasteiger partial charge in [0.1, 0.15) is 11.5 Å².